The van der Waals surface area contributed by atoms with Gasteiger partial charge in [-0.25, -0.2) is 13.0 Å². The molecule has 0 saturated carbocycles. The number of benzene rings is 2. The third-order valence-electron chi connectivity index (χ3n) is 5.14. The molecule has 3 aromatic rings. The number of hydrogen-bond acceptors (Lipinski definition) is 9. The van der Waals surface area contributed by atoms with Gasteiger partial charge in [0.15, 0.2) is 15.4 Å². The van der Waals surface area contributed by atoms with Crippen LogP contribution in [0.25, 0.3) is 11.0 Å². The second-order valence-corrected chi connectivity index (χ2v) is 9.25. The Morgan fingerprint density at radius 3 is 2.66 bits per heavy atom. The summed E-state index contributed by atoms with van der Waals surface area (Å²) in [5.41, 5.74) is 1.78. The quantitative estimate of drug-likeness (QED) is 0.474. The van der Waals surface area contributed by atoms with E-state index >= 15 is 0 Å². The molecule has 1 unspecified atom stereocenters. The van der Waals surface area contributed by atoms with Crippen LogP contribution in [-0.2, 0) is 16.4 Å². The van der Waals surface area contributed by atoms with Crippen molar-refractivity contribution < 1.29 is 18.0 Å². The lowest BCUT2D eigenvalue weighted by atomic mass is 10.1. The number of nitrogens with one attached hydrogen (secondary N) is 1. The van der Waals surface area contributed by atoms with Crippen LogP contribution in [0.3, 0.4) is 0 Å². The van der Waals surface area contributed by atoms with E-state index in [0.717, 1.165) is 5.56 Å². The fourth-order valence-electron chi connectivity index (χ4n) is 3.57. The molecule has 4 rings (SSSR count). The summed E-state index contributed by atoms with van der Waals surface area (Å²) in [4.78, 5) is 13.0. The van der Waals surface area contributed by atoms with Crippen molar-refractivity contribution in [1.29, 1.82) is 0 Å². The number of hydrogen-bond donors (Lipinski definition) is 1. The van der Waals surface area contributed by atoms with Gasteiger partial charge in [-0.1, -0.05) is 30.3 Å². The van der Waals surface area contributed by atoms with Crippen LogP contribution in [0.2, 0.25) is 0 Å². The highest BCUT2D eigenvalue weighted by Crippen LogP contribution is 2.39. The van der Waals surface area contributed by atoms with Crippen LogP contribution < -0.4 is 10.2 Å². The zero-order chi connectivity index (χ0) is 20.6. The molecule has 0 amide bonds. The van der Waals surface area contributed by atoms with Crippen LogP contribution >= 0.6 is 0 Å². The third kappa shape index (κ3) is 3.73. The fraction of sp³-hybridized carbons (Fsp3) is 0.333. The van der Waals surface area contributed by atoms with Crippen molar-refractivity contribution in [2.45, 2.75) is 19.0 Å². The van der Waals surface area contributed by atoms with Crippen molar-refractivity contribution >= 4 is 37.9 Å². The van der Waals surface area contributed by atoms with Crippen LogP contribution in [0.1, 0.15) is 12.0 Å². The van der Waals surface area contributed by atoms with Crippen molar-refractivity contribution in [3.63, 3.8) is 0 Å². The number of anilines is 2. The first kappa shape index (κ1) is 19.1. The Morgan fingerprint density at radius 2 is 2.00 bits per heavy atom. The van der Waals surface area contributed by atoms with E-state index in [1.807, 2.05) is 30.3 Å². The molecule has 0 spiro atoms. The summed E-state index contributed by atoms with van der Waals surface area (Å²) in [6, 6.07) is 10.8. The summed E-state index contributed by atoms with van der Waals surface area (Å²) >= 11 is 0. The molecule has 1 aliphatic rings. The van der Waals surface area contributed by atoms with E-state index in [4.69, 9.17) is 4.63 Å². The van der Waals surface area contributed by atoms with Gasteiger partial charge < -0.3 is 10.2 Å². The number of fused-ring (bicyclic) bond motifs is 1. The van der Waals surface area contributed by atoms with Crippen LogP contribution in [0.4, 0.5) is 17.1 Å². The lowest BCUT2D eigenvalue weighted by Crippen LogP contribution is -2.32. The normalized spacial score (nSPS) is 18.0. The van der Waals surface area contributed by atoms with Gasteiger partial charge in [0, 0.05) is 19.6 Å². The Hall–Kier alpha value is -3.21. The molecule has 1 fully saturated rings. The number of aromatic nitrogens is 2. The summed E-state index contributed by atoms with van der Waals surface area (Å²) in [5, 5.41) is 22.4. The second-order valence-electron chi connectivity index (χ2n) is 7.02. The van der Waals surface area contributed by atoms with Gasteiger partial charge in [0.2, 0.25) is 5.52 Å². The highest BCUT2D eigenvalue weighted by molar-refractivity contribution is 7.91. The van der Waals surface area contributed by atoms with Gasteiger partial charge in [-0.15, -0.1) is 0 Å². The van der Waals surface area contributed by atoms with E-state index in [2.05, 4.69) is 15.6 Å². The van der Waals surface area contributed by atoms with Gasteiger partial charge in [-0.3, -0.25) is 10.1 Å². The molecule has 29 heavy (non-hydrogen) atoms. The number of sulfone groups is 1. The fourth-order valence-corrected chi connectivity index (χ4v) is 5.35. The number of nitro groups is 1. The molecule has 0 bridgehead atoms. The lowest BCUT2D eigenvalue weighted by molar-refractivity contribution is -0.382. The van der Waals surface area contributed by atoms with Crippen molar-refractivity contribution in [3.05, 3.63) is 52.1 Å². The number of rotatable bonds is 6. The molecule has 152 valence electrons. The van der Waals surface area contributed by atoms with Crippen LogP contribution in [0.15, 0.2) is 41.0 Å². The molecule has 11 heteroatoms. The zero-order valence-corrected chi connectivity index (χ0v) is 16.4. The Bertz CT molecular complexity index is 1160. The SMILES string of the molecule is CN(c1cc(NCc2ccccc2)c([N+](=O)[O-])c2nonc12)C1CCS(=O)(=O)C1. The number of nitro benzene ring substituents is 1. The molecule has 1 aliphatic heterocycles. The molecule has 1 N–H and O–H groups in total. The third-order valence-corrected chi connectivity index (χ3v) is 6.89. The maximum atomic E-state index is 11.9. The first-order valence-corrected chi connectivity index (χ1v) is 10.8. The zero-order valence-electron chi connectivity index (χ0n) is 15.6. The first-order chi connectivity index (χ1) is 13.9. The molecule has 1 saturated heterocycles. The maximum Gasteiger partial charge on any atom is 0.323 e. The smallest absolute Gasteiger partial charge is 0.323 e. The summed E-state index contributed by atoms with van der Waals surface area (Å²) in [6.45, 7) is 0.374. The van der Waals surface area contributed by atoms with Crippen molar-refractivity contribution in [2.24, 2.45) is 0 Å². The van der Waals surface area contributed by atoms with Crippen LogP contribution in [0, 0.1) is 10.1 Å². The van der Waals surface area contributed by atoms with Gasteiger partial charge in [0.05, 0.1) is 22.1 Å². The van der Waals surface area contributed by atoms with Crippen molar-refractivity contribution in [2.75, 3.05) is 28.8 Å². The van der Waals surface area contributed by atoms with Gasteiger partial charge >= 0.3 is 5.69 Å². The Kier molecular flexibility index (Phi) is 4.82. The van der Waals surface area contributed by atoms with Crippen LogP contribution in [0.5, 0.6) is 0 Å². The van der Waals surface area contributed by atoms with E-state index in [-0.39, 0.29) is 40.0 Å². The highest BCUT2D eigenvalue weighted by atomic mass is 32.2. The lowest BCUT2D eigenvalue weighted by Gasteiger charge is -2.26. The predicted octanol–water partition coefficient (Wildman–Crippen LogP) is 2.37. The molecule has 0 radical (unpaired) electrons. The van der Waals surface area contributed by atoms with Gasteiger partial charge in [-0.2, -0.15) is 0 Å². The van der Waals surface area contributed by atoms with E-state index in [9.17, 15) is 18.5 Å². The van der Waals surface area contributed by atoms with Crippen molar-refractivity contribution in [3.8, 4) is 0 Å². The molecular weight excluding hydrogens is 398 g/mol. The van der Waals surface area contributed by atoms with Crippen LogP contribution in [-0.4, -0.2) is 48.2 Å². The van der Waals surface area contributed by atoms with Gasteiger partial charge in [-0.05, 0) is 28.4 Å². The highest BCUT2D eigenvalue weighted by Gasteiger charge is 2.34. The Labute approximate surface area is 166 Å². The predicted molar refractivity (Wildman–Crippen MR) is 108 cm³/mol. The molecule has 0 aliphatic carbocycles. The summed E-state index contributed by atoms with van der Waals surface area (Å²) in [6.07, 6.45) is 0.482. The Balaban J connectivity index is 1.75. The molecular formula is C18H19N5O5S. The molecule has 2 heterocycles. The summed E-state index contributed by atoms with van der Waals surface area (Å²) in [7, 11) is -1.34. The average molecular weight is 417 g/mol. The topological polar surface area (TPSA) is 131 Å². The maximum absolute atomic E-state index is 11.9. The van der Waals surface area contributed by atoms with Gasteiger partial charge in [0.25, 0.3) is 0 Å². The van der Waals surface area contributed by atoms with E-state index < -0.39 is 14.8 Å². The van der Waals surface area contributed by atoms with E-state index in [0.29, 0.717) is 18.7 Å². The second kappa shape index (κ2) is 7.32. The van der Waals surface area contributed by atoms with E-state index in [1.54, 1.807) is 18.0 Å². The molecule has 2 aromatic carbocycles. The minimum atomic E-state index is -3.09. The first-order valence-electron chi connectivity index (χ1n) is 9.00. The minimum absolute atomic E-state index is 0.0239. The molecule has 1 atom stereocenters. The largest absolute Gasteiger partial charge is 0.375 e. The Morgan fingerprint density at radius 1 is 1.28 bits per heavy atom. The average Bonchev–Trinajstić information content (AvgIpc) is 3.31. The van der Waals surface area contributed by atoms with E-state index in [1.165, 1.54) is 0 Å². The van der Waals surface area contributed by atoms with Gasteiger partial charge in [0.1, 0.15) is 5.69 Å². The molecule has 10 nitrogen and oxygen atoms in total. The monoisotopic (exact) mass is 417 g/mol. The number of nitrogens with zero attached hydrogens (tertiary/aromatic N) is 4. The minimum Gasteiger partial charge on any atom is -0.375 e. The standard InChI is InChI=1S/C18H19N5O5S/c1-22(13-7-8-29(26,27)11-13)15-9-14(19-10-12-5-3-2-4-6-12)18(23(24)25)17-16(15)20-28-21-17/h2-6,9,13,19H,7-8,10-11H2,1H3. The molecule has 1 aromatic heterocycles. The van der Waals surface area contributed by atoms with Crippen molar-refractivity contribution in [1.82, 2.24) is 10.3 Å². The summed E-state index contributed by atoms with van der Waals surface area (Å²) in [5.74, 6) is 0.147. The summed E-state index contributed by atoms with van der Waals surface area (Å²) < 4.78 is 28.6.